The predicted molar refractivity (Wildman–Crippen MR) is 80.8 cm³/mol. The molecule has 0 aliphatic carbocycles. The summed E-state index contributed by atoms with van der Waals surface area (Å²) in [5.41, 5.74) is 5.74. The minimum Gasteiger partial charge on any atom is -0.365 e. The number of hydrogen-bond donors (Lipinski definition) is 2. The van der Waals surface area contributed by atoms with Gasteiger partial charge >= 0.3 is 0 Å². The standard InChI is InChI=1S/C13H17ClN2O2S/c1-13(2,3)19-7-10(17)16-9-6-4-5-8(14)11(9)12(15)18/h4-6H,7H2,1-3H3,(H2,15,18)(H,16,17). The zero-order valence-electron chi connectivity index (χ0n) is 11.1. The molecular formula is C13H17ClN2O2S. The molecule has 104 valence electrons. The summed E-state index contributed by atoms with van der Waals surface area (Å²) < 4.78 is -0.00180. The van der Waals surface area contributed by atoms with Crippen LogP contribution in [0.1, 0.15) is 31.1 Å². The second-order valence-corrected chi connectivity index (χ2v) is 7.19. The number of carbonyl (C=O) groups is 2. The topological polar surface area (TPSA) is 72.2 Å². The zero-order chi connectivity index (χ0) is 14.6. The number of hydrogen-bond acceptors (Lipinski definition) is 3. The highest BCUT2D eigenvalue weighted by atomic mass is 35.5. The van der Waals surface area contributed by atoms with Crippen LogP contribution < -0.4 is 11.1 Å². The summed E-state index contributed by atoms with van der Waals surface area (Å²) in [5.74, 6) is -0.553. The summed E-state index contributed by atoms with van der Waals surface area (Å²) in [4.78, 5) is 23.1. The molecule has 0 aromatic heterocycles. The molecule has 1 rings (SSSR count). The van der Waals surface area contributed by atoms with Gasteiger partial charge in [-0.05, 0) is 12.1 Å². The lowest BCUT2D eigenvalue weighted by Gasteiger charge is -2.17. The monoisotopic (exact) mass is 300 g/mol. The van der Waals surface area contributed by atoms with Crippen molar-refractivity contribution >= 4 is 40.9 Å². The van der Waals surface area contributed by atoms with Crippen molar-refractivity contribution in [2.24, 2.45) is 5.73 Å². The second kappa shape index (κ2) is 6.30. The largest absolute Gasteiger partial charge is 0.365 e. The Morgan fingerprint density at radius 3 is 2.53 bits per heavy atom. The minimum absolute atomic E-state index is 0.00180. The van der Waals surface area contributed by atoms with Gasteiger partial charge in [0, 0.05) is 4.75 Å². The van der Waals surface area contributed by atoms with Gasteiger partial charge in [0.05, 0.1) is 22.0 Å². The maximum atomic E-state index is 11.8. The molecule has 0 aliphatic heterocycles. The molecule has 0 radical (unpaired) electrons. The Bertz CT molecular complexity index is 498. The van der Waals surface area contributed by atoms with E-state index >= 15 is 0 Å². The Morgan fingerprint density at radius 2 is 2.00 bits per heavy atom. The quantitative estimate of drug-likeness (QED) is 0.898. The van der Waals surface area contributed by atoms with Gasteiger partial charge in [0.2, 0.25) is 5.91 Å². The Hall–Kier alpha value is -1.20. The lowest BCUT2D eigenvalue weighted by atomic mass is 10.1. The normalized spacial score (nSPS) is 11.2. The molecule has 0 spiro atoms. The molecule has 0 unspecified atom stereocenters. The third-order valence-electron chi connectivity index (χ3n) is 2.17. The smallest absolute Gasteiger partial charge is 0.252 e. The molecule has 0 saturated heterocycles. The molecule has 1 aromatic rings. The molecule has 0 bridgehead atoms. The van der Waals surface area contributed by atoms with Crippen LogP contribution in [0.25, 0.3) is 0 Å². The molecule has 6 heteroatoms. The van der Waals surface area contributed by atoms with Crippen LogP contribution in [0.5, 0.6) is 0 Å². The van der Waals surface area contributed by atoms with Gasteiger partial charge < -0.3 is 11.1 Å². The van der Waals surface area contributed by atoms with Crippen molar-refractivity contribution < 1.29 is 9.59 Å². The number of benzene rings is 1. The van der Waals surface area contributed by atoms with E-state index in [2.05, 4.69) is 5.32 Å². The van der Waals surface area contributed by atoms with E-state index in [1.165, 1.54) is 11.8 Å². The number of nitrogens with two attached hydrogens (primary N) is 1. The van der Waals surface area contributed by atoms with E-state index < -0.39 is 5.91 Å². The molecule has 3 N–H and O–H groups in total. The van der Waals surface area contributed by atoms with Crippen LogP contribution in [-0.2, 0) is 4.79 Å². The molecule has 0 atom stereocenters. The number of carbonyl (C=O) groups excluding carboxylic acids is 2. The molecule has 1 aromatic carbocycles. The summed E-state index contributed by atoms with van der Waals surface area (Å²) in [5, 5.41) is 2.89. The number of nitrogens with one attached hydrogen (secondary N) is 1. The fourth-order valence-electron chi connectivity index (χ4n) is 1.35. The average molecular weight is 301 g/mol. The van der Waals surface area contributed by atoms with Gasteiger partial charge in [-0.1, -0.05) is 38.4 Å². The first-order valence-electron chi connectivity index (χ1n) is 5.73. The summed E-state index contributed by atoms with van der Waals surface area (Å²) in [6.07, 6.45) is 0. The fourth-order valence-corrected chi connectivity index (χ4v) is 2.25. The highest BCUT2D eigenvalue weighted by Gasteiger charge is 2.17. The first-order chi connectivity index (χ1) is 8.70. The number of rotatable bonds is 4. The predicted octanol–water partition coefficient (Wildman–Crippen LogP) is 2.91. The SMILES string of the molecule is CC(C)(C)SCC(=O)Nc1cccc(Cl)c1C(N)=O. The lowest BCUT2D eigenvalue weighted by molar-refractivity contribution is -0.113. The van der Waals surface area contributed by atoms with Crippen molar-refractivity contribution in [3.05, 3.63) is 28.8 Å². The molecule has 0 aliphatic rings. The minimum atomic E-state index is -0.663. The summed E-state index contributed by atoms with van der Waals surface area (Å²) >= 11 is 7.42. The summed E-state index contributed by atoms with van der Waals surface area (Å²) in [6.45, 7) is 6.08. The van der Waals surface area contributed by atoms with Crippen molar-refractivity contribution in [3.63, 3.8) is 0 Å². The van der Waals surface area contributed by atoms with Gasteiger partial charge in [-0.2, -0.15) is 0 Å². The van der Waals surface area contributed by atoms with E-state index in [-0.39, 0.29) is 21.2 Å². The molecule has 0 fully saturated rings. The van der Waals surface area contributed by atoms with Gasteiger partial charge in [0.1, 0.15) is 0 Å². The van der Waals surface area contributed by atoms with Crippen LogP contribution in [0.15, 0.2) is 18.2 Å². The Labute approximate surface area is 122 Å². The maximum Gasteiger partial charge on any atom is 0.252 e. The van der Waals surface area contributed by atoms with Crippen LogP contribution in [-0.4, -0.2) is 22.3 Å². The average Bonchev–Trinajstić information content (AvgIpc) is 2.25. The summed E-state index contributed by atoms with van der Waals surface area (Å²) in [6, 6.07) is 4.81. The van der Waals surface area contributed by atoms with Gasteiger partial charge in [-0.15, -0.1) is 11.8 Å². The third kappa shape index (κ3) is 5.12. The van der Waals surface area contributed by atoms with Crippen LogP contribution in [0.2, 0.25) is 5.02 Å². The van der Waals surface area contributed by atoms with E-state index in [0.29, 0.717) is 11.4 Å². The number of primary amides is 1. The Kier molecular flexibility index (Phi) is 5.26. The molecule has 0 saturated carbocycles. The van der Waals surface area contributed by atoms with E-state index in [1.807, 2.05) is 20.8 Å². The van der Waals surface area contributed by atoms with E-state index in [1.54, 1.807) is 18.2 Å². The van der Waals surface area contributed by atoms with E-state index in [9.17, 15) is 9.59 Å². The van der Waals surface area contributed by atoms with Gasteiger partial charge in [0.15, 0.2) is 0 Å². The molecular weight excluding hydrogens is 284 g/mol. The van der Waals surface area contributed by atoms with Crippen molar-refractivity contribution in [1.82, 2.24) is 0 Å². The van der Waals surface area contributed by atoms with E-state index in [4.69, 9.17) is 17.3 Å². The first-order valence-corrected chi connectivity index (χ1v) is 7.09. The molecule has 0 heterocycles. The maximum absolute atomic E-state index is 11.8. The van der Waals surface area contributed by atoms with Crippen LogP contribution in [0, 0.1) is 0 Å². The van der Waals surface area contributed by atoms with Crippen LogP contribution in [0.3, 0.4) is 0 Å². The molecule has 2 amide bonds. The first kappa shape index (κ1) is 15.9. The van der Waals surface area contributed by atoms with Crippen molar-refractivity contribution in [2.75, 3.05) is 11.1 Å². The van der Waals surface area contributed by atoms with Crippen molar-refractivity contribution in [1.29, 1.82) is 0 Å². The second-order valence-electron chi connectivity index (χ2n) is 4.98. The number of thioether (sulfide) groups is 1. The fraction of sp³-hybridized carbons (Fsp3) is 0.385. The molecule has 4 nitrogen and oxygen atoms in total. The lowest BCUT2D eigenvalue weighted by Crippen LogP contribution is -2.22. The number of halogens is 1. The highest BCUT2D eigenvalue weighted by Crippen LogP contribution is 2.26. The zero-order valence-corrected chi connectivity index (χ0v) is 12.7. The van der Waals surface area contributed by atoms with Gasteiger partial charge in [-0.3, -0.25) is 9.59 Å². The summed E-state index contributed by atoms with van der Waals surface area (Å²) in [7, 11) is 0. The van der Waals surface area contributed by atoms with Crippen molar-refractivity contribution in [2.45, 2.75) is 25.5 Å². The Balaban J connectivity index is 2.80. The molecule has 19 heavy (non-hydrogen) atoms. The van der Waals surface area contributed by atoms with Crippen molar-refractivity contribution in [3.8, 4) is 0 Å². The van der Waals surface area contributed by atoms with Crippen LogP contribution in [0.4, 0.5) is 5.69 Å². The van der Waals surface area contributed by atoms with Crippen LogP contribution >= 0.6 is 23.4 Å². The van der Waals surface area contributed by atoms with E-state index in [0.717, 1.165) is 0 Å². The number of anilines is 1. The highest BCUT2D eigenvalue weighted by molar-refractivity contribution is 8.01. The van der Waals surface area contributed by atoms with Gasteiger partial charge in [0.25, 0.3) is 5.91 Å². The Morgan fingerprint density at radius 1 is 1.37 bits per heavy atom. The third-order valence-corrected chi connectivity index (χ3v) is 3.76. The van der Waals surface area contributed by atoms with Gasteiger partial charge in [-0.25, -0.2) is 0 Å². The number of amides is 2.